The van der Waals surface area contributed by atoms with Crippen molar-refractivity contribution in [3.63, 3.8) is 0 Å². The fourth-order valence-corrected chi connectivity index (χ4v) is 2.46. The maximum absolute atomic E-state index is 6.21. The maximum Gasteiger partial charge on any atom is 0.181 e. The lowest BCUT2D eigenvalue weighted by Crippen LogP contribution is -1.98. The van der Waals surface area contributed by atoms with Crippen LogP contribution in [-0.2, 0) is 0 Å². The molecule has 0 atom stereocenters. The molecule has 0 aliphatic heterocycles. The number of aromatic nitrogens is 4. The van der Waals surface area contributed by atoms with Crippen molar-refractivity contribution in [2.75, 3.05) is 0 Å². The molecule has 0 radical (unpaired) electrons. The molecule has 0 fully saturated rings. The molecule has 0 N–H and O–H groups in total. The predicted molar refractivity (Wildman–Crippen MR) is 86.2 cm³/mol. The van der Waals surface area contributed by atoms with Crippen LogP contribution in [0, 0.1) is 3.57 Å². The first-order chi connectivity index (χ1) is 9.75. The fraction of sp³-hybridized carbons (Fsp3) is 0. The number of rotatable bonds is 2. The van der Waals surface area contributed by atoms with Crippen molar-refractivity contribution < 1.29 is 0 Å². The normalized spacial score (nSPS) is 10.5. The van der Waals surface area contributed by atoms with E-state index in [2.05, 4.69) is 42.5 Å². The Labute approximate surface area is 134 Å². The summed E-state index contributed by atoms with van der Waals surface area (Å²) in [5.41, 5.74) is 2.39. The summed E-state index contributed by atoms with van der Waals surface area (Å²) in [6.45, 7) is 0. The van der Waals surface area contributed by atoms with Crippen molar-refractivity contribution >= 4 is 34.2 Å². The molecule has 0 bridgehead atoms. The Hall–Kier alpha value is -1.60. The second kappa shape index (κ2) is 5.80. The van der Waals surface area contributed by atoms with Crippen LogP contribution >= 0.6 is 34.2 Å². The summed E-state index contributed by atoms with van der Waals surface area (Å²) in [4.78, 5) is 17.1. The van der Waals surface area contributed by atoms with Crippen LogP contribution in [0.1, 0.15) is 0 Å². The molecular weight excluding hydrogens is 387 g/mol. The Kier molecular flexibility index (Phi) is 3.88. The van der Waals surface area contributed by atoms with Gasteiger partial charge in [-0.15, -0.1) is 0 Å². The van der Waals surface area contributed by atoms with Crippen LogP contribution < -0.4 is 0 Å². The second-order valence-electron chi connectivity index (χ2n) is 3.96. The highest BCUT2D eigenvalue weighted by Gasteiger charge is 2.14. The van der Waals surface area contributed by atoms with Crippen molar-refractivity contribution in [3.05, 3.63) is 57.6 Å². The van der Waals surface area contributed by atoms with E-state index in [1.807, 2.05) is 30.3 Å². The van der Waals surface area contributed by atoms with Crippen LogP contribution in [-0.4, -0.2) is 19.9 Å². The van der Waals surface area contributed by atoms with Gasteiger partial charge in [-0.25, -0.2) is 15.0 Å². The molecule has 3 aromatic rings. The first-order valence-electron chi connectivity index (χ1n) is 5.80. The van der Waals surface area contributed by atoms with E-state index in [-0.39, 0.29) is 0 Å². The van der Waals surface area contributed by atoms with Crippen molar-refractivity contribution in [3.8, 4) is 22.8 Å². The van der Waals surface area contributed by atoms with Crippen molar-refractivity contribution in [2.24, 2.45) is 0 Å². The van der Waals surface area contributed by atoms with Crippen LogP contribution in [0.25, 0.3) is 22.8 Å². The number of nitrogens with zero attached hydrogens (tertiary/aromatic N) is 4. The molecule has 4 nitrogen and oxygen atoms in total. The van der Waals surface area contributed by atoms with E-state index in [1.54, 1.807) is 18.6 Å². The third-order valence-electron chi connectivity index (χ3n) is 2.65. The van der Waals surface area contributed by atoms with E-state index < -0.39 is 0 Å². The maximum atomic E-state index is 6.21. The smallest absolute Gasteiger partial charge is 0.181 e. The van der Waals surface area contributed by atoms with Gasteiger partial charge in [-0.2, -0.15) is 0 Å². The molecule has 3 rings (SSSR count). The third-order valence-corrected chi connectivity index (χ3v) is 4.26. The molecule has 0 saturated carbocycles. The van der Waals surface area contributed by atoms with Crippen molar-refractivity contribution in [1.29, 1.82) is 0 Å². The van der Waals surface area contributed by atoms with Gasteiger partial charge in [-0.1, -0.05) is 41.9 Å². The number of hydrogen-bond donors (Lipinski definition) is 0. The molecule has 0 amide bonds. The summed E-state index contributed by atoms with van der Waals surface area (Å²) in [5.74, 6) is 0.474. The topological polar surface area (TPSA) is 51.6 Å². The average molecular weight is 395 g/mol. The Bertz CT molecular complexity index is 735. The summed E-state index contributed by atoms with van der Waals surface area (Å²) in [6.07, 6.45) is 4.83. The van der Waals surface area contributed by atoms with Crippen LogP contribution in [0.5, 0.6) is 0 Å². The third kappa shape index (κ3) is 2.64. The molecule has 2 heterocycles. The quantitative estimate of drug-likeness (QED) is 0.489. The van der Waals surface area contributed by atoms with Crippen LogP contribution in [0.3, 0.4) is 0 Å². The zero-order chi connectivity index (χ0) is 13.9. The van der Waals surface area contributed by atoms with Crippen LogP contribution in [0.4, 0.5) is 0 Å². The van der Waals surface area contributed by atoms with Gasteiger partial charge in [0.25, 0.3) is 0 Å². The molecule has 20 heavy (non-hydrogen) atoms. The SMILES string of the molecule is Clc1nc(-c2cnccn2)nc(-c2ccccc2)c1I. The average Bonchev–Trinajstić information content (AvgIpc) is 2.51. The Morgan fingerprint density at radius 3 is 2.50 bits per heavy atom. The van der Waals surface area contributed by atoms with E-state index in [0.29, 0.717) is 16.7 Å². The van der Waals surface area contributed by atoms with Gasteiger partial charge in [0, 0.05) is 18.0 Å². The summed E-state index contributed by atoms with van der Waals surface area (Å²) < 4.78 is 0.822. The zero-order valence-corrected chi connectivity index (χ0v) is 13.1. The monoisotopic (exact) mass is 394 g/mol. The molecule has 1 aromatic carbocycles. The number of halogens is 2. The lowest BCUT2D eigenvalue weighted by Gasteiger charge is -2.07. The lowest BCUT2D eigenvalue weighted by molar-refractivity contribution is 1.11. The summed E-state index contributed by atoms with van der Waals surface area (Å²) >= 11 is 8.36. The summed E-state index contributed by atoms with van der Waals surface area (Å²) in [6, 6.07) is 9.86. The Morgan fingerprint density at radius 1 is 1.00 bits per heavy atom. The first kappa shape index (κ1) is 13.4. The van der Waals surface area contributed by atoms with Crippen LogP contribution in [0.15, 0.2) is 48.9 Å². The van der Waals surface area contributed by atoms with E-state index in [4.69, 9.17) is 11.6 Å². The van der Waals surface area contributed by atoms with Crippen molar-refractivity contribution in [1.82, 2.24) is 19.9 Å². The highest BCUT2D eigenvalue weighted by Crippen LogP contribution is 2.29. The van der Waals surface area contributed by atoms with Gasteiger partial charge in [0.05, 0.1) is 15.5 Å². The molecule has 6 heteroatoms. The minimum atomic E-state index is 0.417. The number of benzene rings is 1. The highest BCUT2D eigenvalue weighted by atomic mass is 127. The standard InChI is InChI=1S/C14H8ClIN4/c15-13-11(16)12(9-4-2-1-3-5-9)19-14(20-13)10-8-17-6-7-18-10/h1-8H. The van der Waals surface area contributed by atoms with Gasteiger partial charge < -0.3 is 0 Å². The van der Waals surface area contributed by atoms with Gasteiger partial charge in [-0.05, 0) is 22.6 Å². The van der Waals surface area contributed by atoms with Gasteiger partial charge in [0.2, 0.25) is 0 Å². The molecule has 98 valence electrons. The van der Waals surface area contributed by atoms with Gasteiger partial charge in [0.1, 0.15) is 10.8 Å². The van der Waals surface area contributed by atoms with Gasteiger partial charge >= 0.3 is 0 Å². The van der Waals surface area contributed by atoms with E-state index in [9.17, 15) is 0 Å². The van der Waals surface area contributed by atoms with Gasteiger partial charge in [-0.3, -0.25) is 4.98 Å². The van der Waals surface area contributed by atoms with Gasteiger partial charge in [0.15, 0.2) is 5.82 Å². The van der Waals surface area contributed by atoms with Crippen molar-refractivity contribution in [2.45, 2.75) is 0 Å². The minimum Gasteiger partial charge on any atom is -0.261 e. The zero-order valence-electron chi connectivity index (χ0n) is 10.2. The highest BCUT2D eigenvalue weighted by molar-refractivity contribution is 14.1. The Balaban J connectivity index is 2.19. The molecule has 0 aliphatic rings. The number of hydrogen-bond acceptors (Lipinski definition) is 4. The second-order valence-corrected chi connectivity index (χ2v) is 5.39. The summed E-state index contributed by atoms with van der Waals surface area (Å²) in [5, 5.41) is 0.417. The minimum absolute atomic E-state index is 0.417. The largest absolute Gasteiger partial charge is 0.261 e. The predicted octanol–water partition coefficient (Wildman–Crippen LogP) is 3.86. The molecule has 0 saturated heterocycles. The van der Waals surface area contributed by atoms with E-state index in [1.165, 1.54) is 0 Å². The van der Waals surface area contributed by atoms with E-state index in [0.717, 1.165) is 14.8 Å². The molecule has 0 spiro atoms. The van der Waals surface area contributed by atoms with E-state index >= 15 is 0 Å². The fourth-order valence-electron chi connectivity index (χ4n) is 1.74. The molecule has 0 aliphatic carbocycles. The molecule has 2 aromatic heterocycles. The summed E-state index contributed by atoms with van der Waals surface area (Å²) in [7, 11) is 0. The lowest BCUT2D eigenvalue weighted by atomic mass is 10.1. The first-order valence-corrected chi connectivity index (χ1v) is 7.26. The Morgan fingerprint density at radius 2 is 1.80 bits per heavy atom. The molecule has 0 unspecified atom stereocenters. The van der Waals surface area contributed by atoms with Crippen LogP contribution in [0.2, 0.25) is 5.15 Å². The molecular formula is C14H8ClIN4.